The molecule has 1 aliphatic rings. The van der Waals surface area contributed by atoms with Gasteiger partial charge in [-0.1, -0.05) is 37.3 Å². The number of hydrogen-bond donors (Lipinski definition) is 1. The lowest BCUT2D eigenvalue weighted by atomic mass is 9.79. The van der Waals surface area contributed by atoms with Crippen molar-refractivity contribution in [2.75, 3.05) is 27.3 Å². The van der Waals surface area contributed by atoms with Crippen molar-refractivity contribution in [1.29, 1.82) is 0 Å². The number of methoxy groups -OCH3 is 2. The number of ether oxygens (including phenoxy) is 2. The first kappa shape index (κ1) is 20.7. The van der Waals surface area contributed by atoms with Crippen LogP contribution in [0.1, 0.15) is 35.7 Å². The number of amides is 2. The maximum absolute atomic E-state index is 13.0. The van der Waals surface area contributed by atoms with Crippen molar-refractivity contribution >= 4 is 11.8 Å². The molecule has 0 aliphatic carbocycles. The smallest absolute Gasteiger partial charge is 0.257 e. The first-order chi connectivity index (χ1) is 14.0. The number of hydrogen-bond acceptors (Lipinski definition) is 4. The number of nitrogens with one attached hydrogen (secondary N) is 1. The largest absolute Gasteiger partial charge is 0.497 e. The zero-order chi connectivity index (χ0) is 20.9. The van der Waals surface area contributed by atoms with Crippen LogP contribution in [0.5, 0.6) is 11.5 Å². The second-order valence-electron chi connectivity index (χ2n) is 7.59. The molecule has 0 spiro atoms. The van der Waals surface area contributed by atoms with Crippen LogP contribution < -0.4 is 14.8 Å². The third-order valence-electron chi connectivity index (χ3n) is 5.64. The van der Waals surface area contributed by atoms with Gasteiger partial charge in [0.25, 0.3) is 5.91 Å². The summed E-state index contributed by atoms with van der Waals surface area (Å²) < 4.78 is 10.6. The Bertz CT molecular complexity index is 858. The molecule has 2 aromatic rings. The third kappa shape index (κ3) is 4.70. The highest BCUT2D eigenvalue weighted by Gasteiger charge is 2.38. The molecule has 6 nitrogen and oxygen atoms in total. The summed E-state index contributed by atoms with van der Waals surface area (Å²) >= 11 is 0. The topological polar surface area (TPSA) is 67.9 Å². The molecule has 0 atom stereocenters. The standard InChI is InChI=1S/C23H28N2O4/c1-23(22(27)24-16-17-7-5-4-6-8-17)11-13-25(14-12-23)21(26)19-10-9-18(28-2)15-20(19)29-3/h4-10,15H,11-14,16H2,1-3H3,(H,24,27). The van der Waals surface area contributed by atoms with Crippen LogP contribution in [0.4, 0.5) is 0 Å². The number of carbonyl (C=O) groups is 2. The molecule has 2 aromatic carbocycles. The number of rotatable bonds is 6. The average molecular weight is 396 g/mol. The van der Waals surface area contributed by atoms with Crippen molar-refractivity contribution in [2.24, 2.45) is 5.41 Å². The fraction of sp³-hybridized carbons (Fsp3) is 0.391. The van der Waals surface area contributed by atoms with Crippen LogP contribution in [0.25, 0.3) is 0 Å². The number of likely N-dealkylation sites (tertiary alicyclic amines) is 1. The maximum Gasteiger partial charge on any atom is 0.257 e. The minimum Gasteiger partial charge on any atom is -0.497 e. The van der Waals surface area contributed by atoms with E-state index in [0.717, 1.165) is 5.56 Å². The lowest BCUT2D eigenvalue weighted by Gasteiger charge is -2.38. The van der Waals surface area contributed by atoms with E-state index >= 15 is 0 Å². The normalized spacial score (nSPS) is 15.5. The Morgan fingerprint density at radius 1 is 1.03 bits per heavy atom. The molecule has 1 aliphatic heterocycles. The Kier molecular flexibility index (Phi) is 6.42. The molecule has 0 bridgehead atoms. The van der Waals surface area contributed by atoms with Crippen molar-refractivity contribution in [3.63, 3.8) is 0 Å². The summed E-state index contributed by atoms with van der Waals surface area (Å²) in [6, 6.07) is 15.0. The summed E-state index contributed by atoms with van der Waals surface area (Å²) in [6.07, 6.45) is 1.25. The molecule has 29 heavy (non-hydrogen) atoms. The van der Waals surface area contributed by atoms with E-state index in [2.05, 4.69) is 5.32 Å². The molecule has 0 unspecified atom stereocenters. The molecular weight excluding hydrogens is 368 g/mol. The monoisotopic (exact) mass is 396 g/mol. The molecule has 0 saturated carbocycles. The number of nitrogens with zero attached hydrogens (tertiary/aromatic N) is 1. The molecule has 0 aromatic heterocycles. The molecule has 0 radical (unpaired) electrons. The fourth-order valence-corrected chi connectivity index (χ4v) is 3.57. The van der Waals surface area contributed by atoms with Gasteiger partial charge < -0.3 is 19.7 Å². The van der Waals surface area contributed by atoms with Gasteiger partial charge in [0.2, 0.25) is 5.91 Å². The van der Waals surface area contributed by atoms with Crippen LogP contribution >= 0.6 is 0 Å². The molecule has 1 N–H and O–H groups in total. The number of benzene rings is 2. The quantitative estimate of drug-likeness (QED) is 0.814. The minimum absolute atomic E-state index is 0.0375. The van der Waals surface area contributed by atoms with Gasteiger partial charge in [0.05, 0.1) is 19.8 Å². The van der Waals surface area contributed by atoms with Crippen molar-refractivity contribution in [1.82, 2.24) is 10.2 Å². The highest BCUT2D eigenvalue weighted by molar-refractivity contribution is 5.97. The van der Waals surface area contributed by atoms with Crippen molar-refractivity contribution < 1.29 is 19.1 Å². The average Bonchev–Trinajstić information content (AvgIpc) is 2.77. The number of carbonyl (C=O) groups excluding carboxylic acids is 2. The van der Waals surface area contributed by atoms with E-state index in [1.54, 1.807) is 30.2 Å². The summed E-state index contributed by atoms with van der Waals surface area (Å²) in [5.41, 5.74) is 1.10. The molecule has 1 saturated heterocycles. The van der Waals surface area contributed by atoms with Crippen LogP contribution in [-0.4, -0.2) is 44.0 Å². The van der Waals surface area contributed by atoms with Gasteiger partial charge in [0.15, 0.2) is 0 Å². The van der Waals surface area contributed by atoms with Crippen LogP contribution in [0.3, 0.4) is 0 Å². The summed E-state index contributed by atoms with van der Waals surface area (Å²) in [5, 5.41) is 3.04. The van der Waals surface area contributed by atoms with E-state index < -0.39 is 5.41 Å². The van der Waals surface area contributed by atoms with Crippen LogP contribution in [0, 0.1) is 5.41 Å². The highest BCUT2D eigenvalue weighted by Crippen LogP contribution is 2.33. The summed E-state index contributed by atoms with van der Waals surface area (Å²) in [7, 11) is 3.11. The first-order valence-corrected chi connectivity index (χ1v) is 9.80. The Morgan fingerprint density at radius 2 is 1.72 bits per heavy atom. The minimum atomic E-state index is -0.477. The van der Waals surface area contributed by atoms with Gasteiger partial charge in [-0.15, -0.1) is 0 Å². The van der Waals surface area contributed by atoms with Gasteiger partial charge >= 0.3 is 0 Å². The van der Waals surface area contributed by atoms with Gasteiger partial charge in [-0.3, -0.25) is 9.59 Å². The zero-order valence-electron chi connectivity index (χ0n) is 17.2. The van der Waals surface area contributed by atoms with E-state index in [4.69, 9.17) is 9.47 Å². The van der Waals surface area contributed by atoms with Crippen molar-refractivity contribution in [3.8, 4) is 11.5 Å². The Balaban J connectivity index is 1.60. The lowest BCUT2D eigenvalue weighted by molar-refractivity contribution is -0.132. The van der Waals surface area contributed by atoms with Gasteiger partial charge in [-0.25, -0.2) is 0 Å². The van der Waals surface area contributed by atoms with Crippen molar-refractivity contribution in [3.05, 3.63) is 59.7 Å². The molecule has 2 amide bonds. The van der Waals surface area contributed by atoms with Gasteiger partial charge in [0.1, 0.15) is 11.5 Å². The Morgan fingerprint density at radius 3 is 2.34 bits per heavy atom. The summed E-state index contributed by atoms with van der Waals surface area (Å²) in [5.74, 6) is 1.08. The number of piperidine rings is 1. The third-order valence-corrected chi connectivity index (χ3v) is 5.64. The van der Waals surface area contributed by atoms with Crippen LogP contribution in [-0.2, 0) is 11.3 Å². The Labute approximate surface area is 171 Å². The van der Waals surface area contributed by atoms with E-state index in [0.29, 0.717) is 49.5 Å². The van der Waals surface area contributed by atoms with E-state index in [9.17, 15) is 9.59 Å². The molecule has 154 valence electrons. The molecule has 6 heteroatoms. The van der Waals surface area contributed by atoms with Gasteiger partial charge in [-0.05, 0) is 30.5 Å². The van der Waals surface area contributed by atoms with Gasteiger partial charge in [0, 0.05) is 31.1 Å². The molecule has 1 heterocycles. The lowest BCUT2D eigenvalue weighted by Crippen LogP contribution is -2.48. The predicted octanol–water partition coefficient (Wildman–Crippen LogP) is 3.26. The van der Waals surface area contributed by atoms with E-state index in [-0.39, 0.29) is 11.8 Å². The van der Waals surface area contributed by atoms with Crippen molar-refractivity contribution in [2.45, 2.75) is 26.3 Å². The second kappa shape index (κ2) is 8.99. The van der Waals surface area contributed by atoms with E-state index in [1.165, 1.54) is 7.11 Å². The zero-order valence-corrected chi connectivity index (χ0v) is 17.2. The van der Waals surface area contributed by atoms with Gasteiger partial charge in [-0.2, -0.15) is 0 Å². The fourth-order valence-electron chi connectivity index (χ4n) is 3.57. The first-order valence-electron chi connectivity index (χ1n) is 9.80. The maximum atomic E-state index is 13.0. The predicted molar refractivity (Wildman–Crippen MR) is 111 cm³/mol. The van der Waals surface area contributed by atoms with E-state index in [1.807, 2.05) is 37.3 Å². The van der Waals surface area contributed by atoms with Crippen LogP contribution in [0.15, 0.2) is 48.5 Å². The summed E-state index contributed by atoms with van der Waals surface area (Å²) in [6.45, 7) is 3.55. The summed E-state index contributed by atoms with van der Waals surface area (Å²) in [4.78, 5) is 27.5. The molecule has 1 fully saturated rings. The Hall–Kier alpha value is -3.02. The second-order valence-corrected chi connectivity index (χ2v) is 7.59. The highest BCUT2D eigenvalue weighted by atomic mass is 16.5. The SMILES string of the molecule is COc1ccc(C(=O)N2CCC(C)(C(=O)NCc3ccccc3)CC2)c(OC)c1. The van der Waals surface area contributed by atoms with Crippen LogP contribution in [0.2, 0.25) is 0 Å². The molecular formula is C23H28N2O4. The molecule has 3 rings (SSSR count).